The normalized spacial score (nSPS) is 12.8. The number of alkyl halides is 3. The fraction of sp³-hybridized carbons (Fsp3) is 0.273. The second kappa shape index (κ2) is 5.17. The largest absolute Gasteiger partial charge is 0.479 e. The number of amides is 1. The van der Waals surface area contributed by atoms with Gasteiger partial charge in [-0.15, -0.1) is 0 Å². The third-order valence-corrected chi connectivity index (χ3v) is 2.22. The molecular weight excluding hydrogens is 267 g/mol. The van der Waals surface area contributed by atoms with Crippen LogP contribution in [0, 0.1) is 0 Å². The molecule has 0 heterocycles. The van der Waals surface area contributed by atoms with E-state index >= 15 is 0 Å². The molecule has 0 saturated carbocycles. The lowest BCUT2D eigenvalue weighted by Gasteiger charge is -2.16. The summed E-state index contributed by atoms with van der Waals surface area (Å²) < 4.78 is 43.0. The molecule has 0 aromatic heterocycles. The summed E-state index contributed by atoms with van der Waals surface area (Å²) in [4.78, 5) is 21.4. The number of primary amides is 1. The first-order valence-corrected chi connectivity index (χ1v) is 5.03. The molecule has 0 bridgehead atoms. The highest BCUT2D eigenvalue weighted by atomic mass is 19.4. The van der Waals surface area contributed by atoms with Crippen LogP contribution in [0.15, 0.2) is 18.2 Å². The summed E-state index contributed by atoms with van der Waals surface area (Å²) in [6, 6.07) is 2.41. The highest BCUT2D eigenvalue weighted by Gasteiger charge is 2.35. The van der Waals surface area contributed by atoms with E-state index in [4.69, 9.17) is 15.6 Å². The van der Waals surface area contributed by atoms with Crippen LogP contribution >= 0.6 is 0 Å². The molecule has 1 aromatic carbocycles. The van der Waals surface area contributed by atoms with Crippen molar-refractivity contribution in [3.05, 3.63) is 29.3 Å². The maximum absolute atomic E-state index is 12.8. The fourth-order valence-corrected chi connectivity index (χ4v) is 1.25. The van der Waals surface area contributed by atoms with E-state index in [1.54, 1.807) is 0 Å². The maximum Gasteiger partial charge on any atom is 0.419 e. The molecule has 1 amide bonds. The molecule has 8 heteroatoms. The standard InChI is InChI=1S/C11H10F3NO4/c1-5(10(17)18)19-8-3-2-6(9(15)16)4-7(8)11(12,13)14/h2-5H,1H3,(H2,15,16)(H,17,18)/t5-/m0/s1. The van der Waals surface area contributed by atoms with Gasteiger partial charge in [-0.25, -0.2) is 4.79 Å². The minimum absolute atomic E-state index is 0.345. The Kier molecular flexibility index (Phi) is 4.03. The molecule has 104 valence electrons. The molecule has 0 fully saturated rings. The minimum atomic E-state index is -4.79. The number of carbonyl (C=O) groups is 2. The van der Waals surface area contributed by atoms with Crippen molar-refractivity contribution in [3.8, 4) is 5.75 Å². The van der Waals surface area contributed by atoms with E-state index in [0.717, 1.165) is 19.1 Å². The Morgan fingerprint density at radius 1 is 1.37 bits per heavy atom. The summed E-state index contributed by atoms with van der Waals surface area (Å²) in [5.74, 6) is -3.11. The highest BCUT2D eigenvalue weighted by Crippen LogP contribution is 2.37. The summed E-state index contributed by atoms with van der Waals surface area (Å²) in [5.41, 5.74) is 3.29. The summed E-state index contributed by atoms with van der Waals surface area (Å²) in [7, 11) is 0. The van der Waals surface area contributed by atoms with Gasteiger partial charge in [0.25, 0.3) is 0 Å². The molecule has 0 aliphatic carbocycles. The van der Waals surface area contributed by atoms with Crippen LogP contribution in [-0.4, -0.2) is 23.1 Å². The van der Waals surface area contributed by atoms with Crippen molar-refractivity contribution < 1.29 is 32.6 Å². The Balaban J connectivity index is 3.24. The number of rotatable bonds is 4. The molecule has 19 heavy (non-hydrogen) atoms. The number of carbonyl (C=O) groups excluding carboxylic acids is 1. The van der Waals surface area contributed by atoms with Gasteiger partial charge in [0.05, 0.1) is 5.56 Å². The van der Waals surface area contributed by atoms with E-state index in [1.165, 1.54) is 0 Å². The van der Waals surface area contributed by atoms with Crippen LogP contribution in [-0.2, 0) is 11.0 Å². The molecule has 0 unspecified atom stereocenters. The van der Waals surface area contributed by atoms with Crippen LogP contribution in [0.5, 0.6) is 5.75 Å². The number of nitrogens with two attached hydrogens (primary N) is 1. The van der Waals surface area contributed by atoms with Gasteiger partial charge < -0.3 is 15.6 Å². The summed E-state index contributed by atoms with van der Waals surface area (Å²) >= 11 is 0. The Morgan fingerprint density at radius 2 is 1.95 bits per heavy atom. The maximum atomic E-state index is 12.8. The lowest BCUT2D eigenvalue weighted by atomic mass is 10.1. The third kappa shape index (κ3) is 3.60. The molecule has 1 aromatic rings. The van der Waals surface area contributed by atoms with E-state index in [-0.39, 0.29) is 5.56 Å². The van der Waals surface area contributed by atoms with Gasteiger partial charge in [0.2, 0.25) is 5.91 Å². The predicted molar refractivity (Wildman–Crippen MR) is 57.7 cm³/mol. The quantitative estimate of drug-likeness (QED) is 0.875. The summed E-state index contributed by atoms with van der Waals surface area (Å²) in [6.07, 6.45) is -6.25. The Bertz CT molecular complexity index is 513. The molecule has 3 N–H and O–H groups in total. The second-order valence-electron chi connectivity index (χ2n) is 3.67. The average Bonchev–Trinajstić information content (AvgIpc) is 2.27. The van der Waals surface area contributed by atoms with Crippen molar-refractivity contribution in [2.45, 2.75) is 19.2 Å². The van der Waals surface area contributed by atoms with Crippen LogP contribution in [0.25, 0.3) is 0 Å². The van der Waals surface area contributed by atoms with Gasteiger partial charge in [-0.05, 0) is 25.1 Å². The SMILES string of the molecule is C[C@H](Oc1ccc(C(N)=O)cc1C(F)(F)F)C(=O)O. The molecule has 1 atom stereocenters. The molecule has 1 rings (SSSR count). The highest BCUT2D eigenvalue weighted by molar-refractivity contribution is 5.93. The number of benzene rings is 1. The Morgan fingerprint density at radius 3 is 2.37 bits per heavy atom. The van der Waals surface area contributed by atoms with E-state index < -0.39 is 35.5 Å². The zero-order chi connectivity index (χ0) is 14.8. The van der Waals surface area contributed by atoms with E-state index in [9.17, 15) is 22.8 Å². The smallest absolute Gasteiger partial charge is 0.419 e. The first-order chi connectivity index (χ1) is 8.62. The fourth-order valence-electron chi connectivity index (χ4n) is 1.25. The van der Waals surface area contributed by atoms with Crippen molar-refractivity contribution in [2.75, 3.05) is 0 Å². The van der Waals surface area contributed by atoms with Crippen molar-refractivity contribution >= 4 is 11.9 Å². The van der Waals surface area contributed by atoms with E-state index in [0.29, 0.717) is 6.07 Å². The van der Waals surface area contributed by atoms with Gasteiger partial charge >= 0.3 is 12.1 Å². The summed E-state index contributed by atoms with van der Waals surface area (Å²) in [6.45, 7) is 1.09. The number of carboxylic acid groups (broad SMARTS) is 1. The van der Waals surface area contributed by atoms with Gasteiger partial charge in [-0.3, -0.25) is 4.79 Å². The summed E-state index contributed by atoms with van der Waals surface area (Å²) in [5, 5.41) is 8.60. The van der Waals surface area contributed by atoms with Crippen LogP contribution in [0.1, 0.15) is 22.8 Å². The lowest BCUT2D eigenvalue weighted by molar-refractivity contribution is -0.147. The predicted octanol–water partition coefficient (Wildman–Crippen LogP) is 1.66. The minimum Gasteiger partial charge on any atom is -0.479 e. The molecule has 0 aliphatic heterocycles. The third-order valence-electron chi connectivity index (χ3n) is 2.22. The molecular formula is C11H10F3NO4. The number of carboxylic acids is 1. The van der Waals surface area contributed by atoms with E-state index in [2.05, 4.69) is 0 Å². The van der Waals surface area contributed by atoms with Crippen molar-refractivity contribution in [1.82, 2.24) is 0 Å². The molecule has 5 nitrogen and oxygen atoms in total. The number of aliphatic carboxylic acids is 1. The van der Waals surface area contributed by atoms with Crippen LogP contribution in [0.4, 0.5) is 13.2 Å². The number of halogens is 3. The number of hydrogen-bond acceptors (Lipinski definition) is 3. The van der Waals surface area contributed by atoms with Gasteiger partial charge in [-0.1, -0.05) is 0 Å². The van der Waals surface area contributed by atoms with E-state index in [1.807, 2.05) is 0 Å². The van der Waals surface area contributed by atoms with Crippen molar-refractivity contribution in [2.24, 2.45) is 5.73 Å². The van der Waals surface area contributed by atoms with Gasteiger partial charge in [0.1, 0.15) is 5.75 Å². The second-order valence-corrected chi connectivity index (χ2v) is 3.67. The van der Waals surface area contributed by atoms with Crippen molar-refractivity contribution in [1.29, 1.82) is 0 Å². The number of hydrogen-bond donors (Lipinski definition) is 2. The zero-order valence-electron chi connectivity index (χ0n) is 9.69. The number of ether oxygens (including phenoxy) is 1. The molecule has 0 saturated heterocycles. The topological polar surface area (TPSA) is 89.6 Å². The van der Waals surface area contributed by atoms with Gasteiger partial charge in [-0.2, -0.15) is 13.2 Å². The lowest BCUT2D eigenvalue weighted by Crippen LogP contribution is -2.24. The first-order valence-electron chi connectivity index (χ1n) is 5.03. The molecule has 0 spiro atoms. The molecule has 0 aliphatic rings. The van der Waals surface area contributed by atoms with Crippen LogP contribution < -0.4 is 10.5 Å². The van der Waals surface area contributed by atoms with Crippen LogP contribution in [0.2, 0.25) is 0 Å². The first kappa shape index (κ1) is 14.8. The van der Waals surface area contributed by atoms with Crippen LogP contribution in [0.3, 0.4) is 0 Å². The molecule has 0 radical (unpaired) electrons. The van der Waals surface area contributed by atoms with Crippen molar-refractivity contribution in [3.63, 3.8) is 0 Å². The Hall–Kier alpha value is -2.25. The Labute approximate surface area is 105 Å². The van der Waals surface area contributed by atoms with Gasteiger partial charge in [0.15, 0.2) is 6.10 Å². The van der Waals surface area contributed by atoms with Gasteiger partial charge in [0, 0.05) is 5.56 Å². The monoisotopic (exact) mass is 277 g/mol. The average molecular weight is 277 g/mol. The zero-order valence-corrected chi connectivity index (χ0v) is 9.69.